The maximum absolute atomic E-state index is 12.3. The Balaban J connectivity index is 0.000000247. The normalized spacial score (nSPS) is 33.3. The second-order valence-corrected chi connectivity index (χ2v) is 47.7. The molecule has 0 aromatic heterocycles. The van der Waals surface area contributed by atoms with Crippen molar-refractivity contribution in [3.05, 3.63) is 0 Å². The summed E-state index contributed by atoms with van der Waals surface area (Å²) in [5.74, 6) is -2.37. The van der Waals surface area contributed by atoms with Gasteiger partial charge in [-0.3, -0.25) is 62.3 Å². The van der Waals surface area contributed by atoms with Gasteiger partial charge in [0, 0.05) is 69.3 Å². The van der Waals surface area contributed by atoms with Gasteiger partial charge in [0.1, 0.15) is 62.0 Å². The van der Waals surface area contributed by atoms with Crippen molar-refractivity contribution in [1.82, 2.24) is 0 Å². The van der Waals surface area contributed by atoms with Crippen LogP contribution in [0.4, 0.5) is 4.79 Å². The first-order chi connectivity index (χ1) is 66.0. The summed E-state index contributed by atoms with van der Waals surface area (Å²) in [5.41, 5.74) is -6.98. The summed E-state index contributed by atoms with van der Waals surface area (Å²) in [5, 5.41) is 48.3. The Morgan fingerprint density at radius 3 is 1.27 bits per heavy atom. The number of hydrogen-bond donors (Lipinski definition) is 5. The van der Waals surface area contributed by atoms with Crippen molar-refractivity contribution in [2.75, 3.05) is 52.9 Å². The fourth-order valence-electron chi connectivity index (χ4n) is 18.9. The molecule has 9 aliphatic heterocycles. The Hall–Kier alpha value is -8.35. The van der Waals surface area contributed by atoms with Crippen LogP contribution in [-0.2, 0) is 143 Å². The number of aliphatic hydroxyl groups is 5. The summed E-state index contributed by atoms with van der Waals surface area (Å²) < 4.78 is 82.2. The van der Waals surface area contributed by atoms with Gasteiger partial charge < -0.3 is 101 Å². The molecule has 0 aromatic rings. The Kier molecular flexibility index (Phi) is 42.8. The van der Waals surface area contributed by atoms with E-state index in [0.29, 0.717) is 109 Å². The Labute approximate surface area is 846 Å². The molecular formula is C107H174O36. The summed E-state index contributed by atoms with van der Waals surface area (Å²) >= 11 is 0. The number of cyclic esters (lactones) is 7. The van der Waals surface area contributed by atoms with Crippen LogP contribution in [-0.4, -0.2) is 245 Å². The predicted molar refractivity (Wildman–Crippen MR) is 517 cm³/mol. The Bertz CT molecular complexity index is 4380. The van der Waals surface area contributed by atoms with Crippen LogP contribution in [0, 0.1) is 96.1 Å². The van der Waals surface area contributed by atoms with E-state index in [1.165, 1.54) is 0 Å². The van der Waals surface area contributed by atoms with E-state index in [1.807, 2.05) is 152 Å². The molecule has 0 amide bonds. The molecule has 0 aromatic carbocycles. The molecule has 818 valence electrons. The van der Waals surface area contributed by atoms with E-state index in [1.54, 1.807) is 20.8 Å². The van der Waals surface area contributed by atoms with Gasteiger partial charge in [0.2, 0.25) is 6.10 Å². The molecule has 36 nitrogen and oxygen atoms in total. The van der Waals surface area contributed by atoms with Gasteiger partial charge >= 0.3 is 89.7 Å². The summed E-state index contributed by atoms with van der Waals surface area (Å²) in [7, 11) is 0. The van der Waals surface area contributed by atoms with Gasteiger partial charge in [0.25, 0.3) is 0 Å². The highest BCUT2D eigenvalue weighted by molar-refractivity contribution is 5.85. The first-order valence-electron chi connectivity index (χ1n) is 51.9. The maximum atomic E-state index is 12.3. The van der Waals surface area contributed by atoms with Gasteiger partial charge in [-0.15, -0.1) is 0 Å². The second-order valence-electron chi connectivity index (χ2n) is 47.7. The molecular weight excluding hydrogens is 1860 g/mol. The lowest BCUT2D eigenvalue weighted by Gasteiger charge is -2.37. The lowest BCUT2D eigenvalue weighted by atomic mass is 9.69. The molecule has 9 saturated heterocycles. The largest absolute Gasteiger partial charge is 0.508 e. The van der Waals surface area contributed by atoms with E-state index in [4.69, 9.17) is 71.1 Å². The lowest BCUT2D eigenvalue weighted by Crippen LogP contribution is -2.44. The van der Waals surface area contributed by atoms with Crippen LogP contribution in [0.1, 0.15) is 361 Å². The zero-order valence-electron chi connectivity index (χ0n) is 91.0. The fourth-order valence-corrected chi connectivity index (χ4v) is 18.9. The van der Waals surface area contributed by atoms with Gasteiger partial charge in [0.15, 0.2) is 17.3 Å². The van der Waals surface area contributed by atoms with Gasteiger partial charge in [-0.2, -0.15) is 0 Å². The lowest BCUT2D eigenvalue weighted by molar-refractivity contribution is -0.171. The van der Waals surface area contributed by atoms with Crippen molar-refractivity contribution in [3.8, 4) is 0 Å². The monoisotopic (exact) mass is 2040 g/mol. The van der Waals surface area contributed by atoms with E-state index < -0.39 is 91.2 Å². The zero-order valence-corrected chi connectivity index (χ0v) is 91.0. The van der Waals surface area contributed by atoms with Gasteiger partial charge in [0.05, 0.1) is 112 Å². The molecule has 14 fully saturated rings. The van der Waals surface area contributed by atoms with Crippen molar-refractivity contribution in [1.29, 1.82) is 0 Å². The Morgan fingerprint density at radius 2 is 0.853 bits per heavy atom. The van der Waals surface area contributed by atoms with Gasteiger partial charge in [-0.1, -0.05) is 90.0 Å². The quantitative estimate of drug-likeness (QED) is 0.0442. The van der Waals surface area contributed by atoms with Crippen molar-refractivity contribution in [2.24, 2.45) is 96.1 Å². The van der Waals surface area contributed by atoms with Crippen molar-refractivity contribution in [3.63, 3.8) is 0 Å². The molecule has 18 unspecified atom stereocenters. The first-order valence-corrected chi connectivity index (χ1v) is 51.9. The third kappa shape index (κ3) is 31.6. The summed E-state index contributed by atoms with van der Waals surface area (Å²) in [6, 6.07) is 0. The van der Waals surface area contributed by atoms with Crippen LogP contribution in [0.25, 0.3) is 0 Å². The average Bonchev–Trinajstić information content (AvgIpc) is 1.56. The minimum absolute atomic E-state index is 0.0395. The number of fused-ring (bicyclic) bond motifs is 5. The molecule has 14 rings (SSSR count). The van der Waals surface area contributed by atoms with Crippen LogP contribution in [0.3, 0.4) is 0 Å². The SMILES string of the molecule is CC(C)C1(C)CC2(CC(O)CC(O)C2)OC1=O.CC(C)C1(C)CC2(CCC(O)C2)OC1=O.CC(C)C1(C)CC2(CCC(O)CC2)OC1=O.CCC(C)(C)C(=O)OC1(C)COC(=O)C1.CCC(C)(C)C(=O)OC1C2CC(C1CO)C1C(=O)OCC21.CCC(C)(C)C(=O)OC1CCOC1=O.CCC(C)(C)C(=O)OC1COC(=O)C1.CCC(C)(C)C(=O)OCC1COC(=O)O1.CCC1(OC(=O)C(C)(C)CC)COC(=O)C1. The van der Waals surface area contributed by atoms with E-state index in [9.17, 15) is 97.5 Å². The smallest absolute Gasteiger partial charge is 0.465 e. The average molecular weight is 2040 g/mol. The summed E-state index contributed by atoms with van der Waals surface area (Å²) in [6.07, 6.45) is 11.4. The molecule has 18 atom stereocenters. The molecule has 14 aliphatic rings. The van der Waals surface area contributed by atoms with Crippen LogP contribution in [0.5, 0.6) is 0 Å². The third-order valence-corrected chi connectivity index (χ3v) is 33.2. The molecule has 2 bridgehead atoms. The molecule has 5 N–H and O–H groups in total. The van der Waals surface area contributed by atoms with Crippen LogP contribution >= 0.6 is 0 Å². The molecule has 36 heteroatoms. The first kappa shape index (κ1) is 123. The molecule has 5 aliphatic carbocycles. The highest BCUT2D eigenvalue weighted by Crippen LogP contribution is 2.60. The molecule has 3 spiro atoms. The molecule has 9 heterocycles. The highest BCUT2D eigenvalue weighted by atomic mass is 16.8. The zero-order chi connectivity index (χ0) is 109. The van der Waals surface area contributed by atoms with E-state index in [-0.39, 0.29) is 218 Å². The fraction of sp³-hybridized carbons (Fsp3) is 0.860. The topological polar surface area (TPSA) is 505 Å². The van der Waals surface area contributed by atoms with E-state index >= 15 is 0 Å². The van der Waals surface area contributed by atoms with E-state index in [0.717, 1.165) is 57.8 Å². The maximum Gasteiger partial charge on any atom is 0.508 e. The van der Waals surface area contributed by atoms with Crippen molar-refractivity contribution >= 4 is 89.7 Å². The number of ether oxygens (including phenoxy) is 16. The molecule has 143 heavy (non-hydrogen) atoms. The summed E-state index contributed by atoms with van der Waals surface area (Å²) in [6.45, 7) is 56.9. The van der Waals surface area contributed by atoms with Gasteiger partial charge in [-0.05, 0) is 231 Å². The number of esters is 14. The van der Waals surface area contributed by atoms with Crippen LogP contribution in [0.2, 0.25) is 0 Å². The van der Waals surface area contributed by atoms with Crippen molar-refractivity contribution in [2.45, 2.75) is 438 Å². The molecule has 0 radical (unpaired) electrons. The number of carbonyl (C=O) groups excluding carboxylic acids is 15. The Morgan fingerprint density at radius 1 is 0.420 bits per heavy atom. The molecule has 5 saturated carbocycles. The van der Waals surface area contributed by atoms with Crippen LogP contribution in [0.15, 0.2) is 0 Å². The summed E-state index contributed by atoms with van der Waals surface area (Å²) in [4.78, 5) is 173. The van der Waals surface area contributed by atoms with Crippen molar-refractivity contribution < 1.29 is 173 Å². The third-order valence-electron chi connectivity index (χ3n) is 33.2. The van der Waals surface area contributed by atoms with E-state index in [2.05, 4.69) is 32.4 Å². The number of rotatable bonds is 24. The predicted octanol–water partition coefficient (Wildman–Crippen LogP) is 14.6. The van der Waals surface area contributed by atoms with Crippen LogP contribution < -0.4 is 0 Å². The number of aliphatic hydroxyl groups excluding tert-OH is 5. The minimum Gasteiger partial charge on any atom is -0.465 e. The second kappa shape index (κ2) is 49.6. The minimum atomic E-state index is -0.777. The van der Waals surface area contributed by atoms with Gasteiger partial charge in [-0.25, -0.2) is 9.59 Å². The highest BCUT2D eigenvalue weighted by Gasteiger charge is 2.66. The number of hydrogen-bond acceptors (Lipinski definition) is 36. The number of carbonyl (C=O) groups is 15. The standard InChI is InChI=1S/C16H24O5.C13H22O4.C13H22O3.C12H20O4.C12H20O3.C11H18O4.C10H16O5.2C10H16O4/c1-4-16(2,3)15(19)21-13-9-5-8(10(13)6-17)12-11(9)7-20-14(12)18;1-8(2)12(3)7-13(17-11(12)16)5-9(14)4-10(15)6-13;1-9(2)12(3)8-13(16-11(12)15)6-4-10(14)5-7-13;1-5-11(3,4)10(14)16-12(6-2)7-9(13)15-8-12;1-8(2)11(3)7-12(15-10(11)14)5-4-9(13)6-12;1-5-10(2,3)9(13)15-11(4)6-8(12)14-7-11;1-4-10(2,3)8(11)13-5-7-6-14-9(12)15-7;1-4-10(2,3)9(12)14-7-5-8(11)13-6-7;1-4-10(2,3)9(12)14-7-5-6-13-8(7)11/h8-13,17H,4-7H2,1-3H3;8-10,14-15H,4-7H2,1-3H3;9-10,14H,4-8H2,1-3H3;5-8H2,1-4H3;8-9,13H,4-7H2,1-3H3;5-7H2,1-4H3;7H,4-6H2,1-3H3;2*7H,4-6H2,1-3H3.